The van der Waals surface area contributed by atoms with Crippen LogP contribution < -0.4 is 15.2 Å². The molecule has 1 aliphatic carbocycles. The van der Waals surface area contributed by atoms with Crippen LogP contribution in [-0.2, 0) is 10.0 Å². The summed E-state index contributed by atoms with van der Waals surface area (Å²) in [6.07, 6.45) is 3.52. The summed E-state index contributed by atoms with van der Waals surface area (Å²) in [7, 11) is -3.27. The van der Waals surface area contributed by atoms with Crippen LogP contribution in [0.5, 0.6) is 5.75 Å². The van der Waals surface area contributed by atoms with Gasteiger partial charge in [-0.1, -0.05) is 19.8 Å². The van der Waals surface area contributed by atoms with Crippen molar-refractivity contribution in [1.82, 2.24) is 4.72 Å². The SMILES string of the molecule is CC1CCCC1CNS(=O)(=O)CCOc1ccc(N)cc1. The number of ether oxygens (including phenoxy) is 1. The molecule has 5 nitrogen and oxygen atoms in total. The normalized spacial score (nSPS) is 22.3. The second-order valence-corrected chi connectivity index (χ2v) is 7.68. The Morgan fingerprint density at radius 3 is 2.62 bits per heavy atom. The van der Waals surface area contributed by atoms with Crippen LogP contribution in [-0.4, -0.2) is 27.3 Å². The van der Waals surface area contributed by atoms with Crippen molar-refractivity contribution in [2.75, 3.05) is 24.6 Å². The molecule has 2 rings (SSSR count). The lowest BCUT2D eigenvalue weighted by Crippen LogP contribution is -2.33. The molecule has 1 fully saturated rings. The van der Waals surface area contributed by atoms with Gasteiger partial charge in [0.1, 0.15) is 12.4 Å². The summed E-state index contributed by atoms with van der Waals surface area (Å²) in [4.78, 5) is 0. The first-order valence-electron chi connectivity index (χ1n) is 7.42. The third-order valence-electron chi connectivity index (χ3n) is 4.11. The minimum atomic E-state index is -3.27. The molecule has 21 heavy (non-hydrogen) atoms. The van der Waals surface area contributed by atoms with Crippen molar-refractivity contribution in [3.63, 3.8) is 0 Å². The highest BCUT2D eigenvalue weighted by molar-refractivity contribution is 7.89. The molecule has 3 N–H and O–H groups in total. The maximum Gasteiger partial charge on any atom is 0.214 e. The van der Waals surface area contributed by atoms with Gasteiger partial charge in [0.15, 0.2) is 0 Å². The van der Waals surface area contributed by atoms with E-state index in [9.17, 15) is 8.42 Å². The topological polar surface area (TPSA) is 81.4 Å². The standard InChI is InChI=1S/C15H24N2O3S/c1-12-3-2-4-13(12)11-17-21(18,19)10-9-20-15-7-5-14(16)6-8-15/h5-8,12-13,17H,2-4,9-11,16H2,1H3. The average molecular weight is 312 g/mol. The molecular formula is C15H24N2O3S. The maximum atomic E-state index is 11.9. The summed E-state index contributed by atoms with van der Waals surface area (Å²) in [6.45, 7) is 2.88. The van der Waals surface area contributed by atoms with Crippen molar-refractivity contribution in [2.45, 2.75) is 26.2 Å². The summed E-state index contributed by atoms with van der Waals surface area (Å²) in [6, 6.07) is 6.91. The third kappa shape index (κ3) is 5.21. The zero-order chi connectivity index (χ0) is 15.3. The highest BCUT2D eigenvalue weighted by atomic mass is 32.2. The van der Waals surface area contributed by atoms with E-state index >= 15 is 0 Å². The Hall–Kier alpha value is -1.27. The van der Waals surface area contributed by atoms with Crippen molar-refractivity contribution in [1.29, 1.82) is 0 Å². The van der Waals surface area contributed by atoms with E-state index in [2.05, 4.69) is 11.6 Å². The molecule has 0 aromatic heterocycles. The van der Waals surface area contributed by atoms with Gasteiger partial charge in [-0.25, -0.2) is 13.1 Å². The molecule has 0 radical (unpaired) electrons. The molecule has 1 aromatic rings. The molecule has 2 atom stereocenters. The number of hydrogen-bond acceptors (Lipinski definition) is 4. The van der Waals surface area contributed by atoms with Crippen LogP contribution in [0.3, 0.4) is 0 Å². The lowest BCUT2D eigenvalue weighted by molar-refractivity contribution is 0.339. The first-order chi connectivity index (χ1) is 9.96. The summed E-state index contributed by atoms with van der Waals surface area (Å²) in [5.41, 5.74) is 6.23. The van der Waals surface area contributed by atoms with E-state index in [1.807, 2.05) is 0 Å². The van der Waals surface area contributed by atoms with Crippen LogP contribution in [0.1, 0.15) is 26.2 Å². The molecule has 0 saturated heterocycles. The van der Waals surface area contributed by atoms with E-state index < -0.39 is 10.0 Å². The predicted octanol–water partition coefficient (Wildman–Crippen LogP) is 2.00. The monoisotopic (exact) mass is 312 g/mol. The van der Waals surface area contributed by atoms with E-state index in [1.165, 1.54) is 12.8 Å². The molecular weight excluding hydrogens is 288 g/mol. The number of nitrogens with two attached hydrogens (primary N) is 1. The number of nitrogen functional groups attached to an aromatic ring is 1. The first kappa shape index (κ1) is 16.1. The van der Waals surface area contributed by atoms with E-state index in [0.29, 0.717) is 29.8 Å². The molecule has 1 aromatic carbocycles. The van der Waals surface area contributed by atoms with Gasteiger partial charge in [0.05, 0.1) is 5.75 Å². The Morgan fingerprint density at radius 2 is 2.00 bits per heavy atom. The van der Waals surface area contributed by atoms with Crippen LogP contribution in [0.4, 0.5) is 5.69 Å². The molecule has 0 amide bonds. The molecule has 0 spiro atoms. The molecule has 1 saturated carbocycles. The van der Waals surface area contributed by atoms with E-state index in [1.54, 1.807) is 24.3 Å². The number of rotatable bonds is 7. The van der Waals surface area contributed by atoms with Crippen molar-refractivity contribution >= 4 is 15.7 Å². The zero-order valence-corrected chi connectivity index (χ0v) is 13.2. The lowest BCUT2D eigenvalue weighted by Gasteiger charge is -2.16. The van der Waals surface area contributed by atoms with Crippen LogP contribution in [0.2, 0.25) is 0 Å². The van der Waals surface area contributed by atoms with Gasteiger partial charge in [-0.05, 0) is 42.5 Å². The van der Waals surface area contributed by atoms with Gasteiger partial charge in [0, 0.05) is 12.2 Å². The Bertz CT molecular complexity index is 543. The fraction of sp³-hybridized carbons (Fsp3) is 0.600. The Labute approximate surface area is 126 Å². The molecule has 118 valence electrons. The third-order valence-corrected chi connectivity index (χ3v) is 5.42. The van der Waals surface area contributed by atoms with Crippen molar-refractivity contribution in [3.8, 4) is 5.75 Å². The molecule has 6 heteroatoms. The minimum Gasteiger partial charge on any atom is -0.492 e. The number of anilines is 1. The van der Waals surface area contributed by atoms with Gasteiger partial charge >= 0.3 is 0 Å². The van der Waals surface area contributed by atoms with Gasteiger partial charge in [-0.3, -0.25) is 0 Å². The van der Waals surface area contributed by atoms with Crippen LogP contribution in [0.25, 0.3) is 0 Å². The summed E-state index contributed by atoms with van der Waals surface area (Å²) < 4.78 is 32.0. The quantitative estimate of drug-likeness (QED) is 0.755. The smallest absolute Gasteiger partial charge is 0.214 e. The van der Waals surface area contributed by atoms with E-state index in [0.717, 1.165) is 6.42 Å². The van der Waals surface area contributed by atoms with Gasteiger partial charge in [0.2, 0.25) is 10.0 Å². The van der Waals surface area contributed by atoms with Gasteiger partial charge in [-0.15, -0.1) is 0 Å². The number of benzene rings is 1. The number of sulfonamides is 1. The Kier molecular flexibility index (Phi) is 5.47. The Morgan fingerprint density at radius 1 is 1.29 bits per heavy atom. The van der Waals surface area contributed by atoms with Gasteiger partial charge in [-0.2, -0.15) is 0 Å². The Balaban J connectivity index is 1.72. The van der Waals surface area contributed by atoms with Crippen molar-refractivity contribution in [3.05, 3.63) is 24.3 Å². The highest BCUT2D eigenvalue weighted by Gasteiger charge is 2.24. The molecule has 0 bridgehead atoms. The molecule has 1 aliphatic rings. The lowest BCUT2D eigenvalue weighted by atomic mass is 9.99. The second-order valence-electron chi connectivity index (χ2n) is 5.75. The first-order valence-corrected chi connectivity index (χ1v) is 9.07. The summed E-state index contributed by atoms with van der Waals surface area (Å²) in [5.74, 6) is 1.68. The number of nitrogens with one attached hydrogen (secondary N) is 1. The highest BCUT2D eigenvalue weighted by Crippen LogP contribution is 2.30. The van der Waals surface area contributed by atoms with Crippen LogP contribution >= 0.6 is 0 Å². The second kappa shape index (κ2) is 7.13. The molecule has 0 heterocycles. The number of hydrogen-bond donors (Lipinski definition) is 2. The van der Waals surface area contributed by atoms with E-state index in [-0.39, 0.29) is 12.4 Å². The predicted molar refractivity (Wildman–Crippen MR) is 84.6 cm³/mol. The molecule has 2 unspecified atom stereocenters. The minimum absolute atomic E-state index is 0.0293. The van der Waals surface area contributed by atoms with E-state index in [4.69, 9.17) is 10.5 Å². The van der Waals surface area contributed by atoms with Crippen LogP contribution in [0, 0.1) is 11.8 Å². The van der Waals surface area contributed by atoms with Crippen molar-refractivity contribution in [2.24, 2.45) is 11.8 Å². The zero-order valence-electron chi connectivity index (χ0n) is 12.4. The van der Waals surface area contributed by atoms with Gasteiger partial charge in [0.25, 0.3) is 0 Å². The van der Waals surface area contributed by atoms with Crippen LogP contribution in [0.15, 0.2) is 24.3 Å². The van der Waals surface area contributed by atoms with Crippen molar-refractivity contribution < 1.29 is 13.2 Å². The van der Waals surface area contributed by atoms with Gasteiger partial charge < -0.3 is 10.5 Å². The summed E-state index contributed by atoms with van der Waals surface area (Å²) in [5, 5.41) is 0. The maximum absolute atomic E-state index is 11.9. The molecule has 0 aliphatic heterocycles. The fourth-order valence-corrected chi connectivity index (χ4v) is 3.58. The largest absolute Gasteiger partial charge is 0.492 e. The summed E-state index contributed by atoms with van der Waals surface area (Å²) >= 11 is 0. The fourth-order valence-electron chi connectivity index (χ4n) is 2.66. The average Bonchev–Trinajstić information content (AvgIpc) is 2.84.